The largest absolute Gasteiger partial charge is 0.352 e. The molecule has 13 heavy (non-hydrogen) atoms. The maximum atomic E-state index is 11.7. The minimum atomic E-state index is 0.111. The molecule has 1 saturated carbocycles. The van der Waals surface area contributed by atoms with Gasteiger partial charge < -0.3 is 11.1 Å². The van der Waals surface area contributed by atoms with Crippen molar-refractivity contribution in [1.29, 1.82) is 0 Å². The zero-order valence-electron chi connectivity index (χ0n) is 8.55. The molecule has 0 aliphatic heterocycles. The van der Waals surface area contributed by atoms with Crippen molar-refractivity contribution in [2.75, 3.05) is 6.54 Å². The Morgan fingerprint density at radius 2 is 2.31 bits per heavy atom. The lowest BCUT2D eigenvalue weighted by molar-refractivity contribution is -0.126. The molecular weight excluding hydrogens is 164 g/mol. The molecule has 3 unspecified atom stereocenters. The fraction of sp³-hybridized carbons (Fsp3) is 0.900. The molecule has 1 fully saturated rings. The first kappa shape index (κ1) is 10.5. The topological polar surface area (TPSA) is 55.1 Å². The van der Waals surface area contributed by atoms with Crippen molar-refractivity contribution in [2.24, 2.45) is 17.6 Å². The predicted molar refractivity (Wildman–Crippen MR) is 53.2 cm³/mol. The SMILES string of the molecule is CC(CN)NC(=O)C1CCCC1C. The van der Waals surface area contributed by atoms with Crippen molar-refractivity contribution in [3.8, 4) is 0 Å². The molecule has 3 nitrogen and oxygen atoms in total. The van der Waals surface area contributed by atoms with Crippen molar-refractivity contribution in [2.45, 2.75) is 39.2 Å². The zero-order chi connectivity index (χ0) is 9.84. The molecule has 0 radical (unpaired) electrons. The van der Waals surface area contributed by atoms with E-state index in [0.29, 0.717) is 12.5 Å². The number of nitrogens with two attached hydrogens (primary N) is 1. The Balaban J connectivity index is 2.38. The van der Waals surface area contributed by atoms with Crippen molar-refractivity contribution in [3.05, 3.63) is 0 Å². The van der Waals surface area contributed by atoms with E-state index in [-0.39, 0.29) is 17.9 Å². The predicted octanol–water partition coefficient (Wildman–Crippen LogP) is 0.886. The van der Waals surface area contributed by atoms with Gasteiger partial charge >= 0.3 is 0 Å². The fourth-order valence-corrected chi connectivity index (χ4v) is 1.94. The molecule has 0 spiro atoms. The van der Waals surface area contributed by atoms with E-state index in [0.717, 1.165) is 6.42 Å². The number of amides is 1. The molecule has 0 saturated heterocycles. The van der Waals surface area contributed by atoms with Crippen LogP contribution in [0.2, 0.25) is 0 Å². The van der Waals surface area contributed by atoms with Gasteiger partial charge in [-0.1, -0.05) is 13.3 Å². The molecule has 1 rings (SSSR count). The van der Waals surface area contributed by atoms with E-state index in [4.69, 9.17) is 5.73 Å². The Morgan fingerprint density at radius 3 is 2.77 bits per heavy atom. The standard InChI is InChI=1S/C10H20N2O/c1-7-4-3-5-9(7)10(13)12-8(2)6-11/h7-9H,3-6,11H2,1-2H3,(H,12,13). The summed E-state index contributed by atoms with van der Waals surface area (Å²) in [5.74, 6) is 0.974. The lowest BCUT2D eigenvalue weighted by Crippen LogP contribution is -2.41. The van der Waals surface area contributed by atoms with Crippen LogP contribution >= 0.6 is 0 Å². The van der Waals surface area contributed by atoms with Crippen LogP contribution in [-0.4, -0.2) is 18.5 Å². The summed E-state index contributed by atoms with van der Waals surface area (Å²) >= 11 is 0. The number of nitrogens with one attached hydrogen (secondary N) is 1. The number of carbonyl (C=O) groups excluding carboxylic acids is 1. The number of hydrogen-bond acceptors (Lipinski definition) is 2. The van der Waals surface area contributed by atoms with Crippen LogP contribution in [0.5, 0.6) is 0 Å². The van der Waals surface area contributed by atoms with Crippen molar-refractivity contribution in [1.82, 2.24) is 5.32 Å². The van der Waals surface area contributed by atoms with Gasteiger partial charge in [-0.05, 0) is 25.7 Å². The molecule has 76 valence electrons. The van der Waals surface area contributed by atoms with Gasteiger partial charge in [0.1, 0.15) is 0 Å². The summed E-state index contributed by atoms with van der Waals surface area (Å²) < 4.78 is 0. The van der Waals surface area contributed by atoms with Gasteiger partial charge in [-0.2, -0.15) is 0 Å². The summed E-state index contributed by atoms with van der Waals surface area (Å²) in [6, 6.07) is 0.111. The van der Waals surface area contributed by atoms with Crippen LogP contribution in [0.1, 0.15) is 33.1 Å². The summed E-state index contributed by atoms with van der Waals surface area (Å²) in [7, 11) is 0. The van der Waals surface area contributed by atoms with Crippen molar-refractivity contribution in [3.63, 3.8) is 0 Å². The Kier molecular flexibility index (Phi) is 3.72. The Bertz CT molecular complexity index is 182. The highest BCUT2D eigenvalue weighted by atomic mass is 16.1. The summed E-state index contributed by atoms with van der Waals surface area (Å²) in [6.07, 6.45) is 3.43. The number of rotatable bonds is 3. The van der Waals surface area contributed by atoms with Crippen LogP contribution in [0, 0.1) is 11.8 Å². The lowest BCUT2D eigenvalue weighted by atomic mass is 9.97. The maximum Gasteiger partial charge on any atom is 0.223 e. The van der Waals surface area contributed by atoms with Crippen LogP contribution in [0.15, 0.2) is 0 Å². The first-order valence-corrected chi connectivity index (χ1v) is 5.15. The number of hydrogen-bond donors (Lipinski definition) is 2. The molecule has 3 atom stereocenters. The maximum absolute atomic E-state index is 11.7. The van der Waals surface area contributed by atoms with Gasteiger partial charge in [0.25, 0.3) is 0 Å². The molecule has 0 aromatic carbocycles. The van der Waals surface area contributed by atoms with Crippen LogP contribution in [0.3, 0.4) is 0 Å². The summed E-state index contributed by atoms with van der Waals surface area (Å²) in [5.41, 5.74) is 5.44. The van der Waals surface area contributed by atoms with Gasteiger partial charge in [0.05, 0.1) is 0 Å². The van der Waals surface area contributed by atoms with Gasteiger partial charge in [0.2, 0.25) is 5.91 Å². The van der Waals surface area contributed by atoms with E-state index < -0.39 is 0 Å². The zero-order valence-corrected chi connectivity index (χ0v) is 8.55. The van der Waals surface area contributed by atoms with E-state index in [1.807, 2.05) is 6.92 Å². The summed E-state index contributed by atoms with van der Waals surface area (Å²) in [5, 5.41) is 2.94. The molecule has 1 amide bonds. The molecule has 0 aromatic rings. The summed E-state index contributed by atoms with van der Waals surface area (Å²) in [6.45, 7) is 4.62. The smallest absolute Gasteiger partial charge is 0.223 e. The highest BCUT2D eigenvalue weighted by Crippen LogP contribution is 2.31. The average molecular weight is 184 g/mol. The third kappa shape index (κ3) is 2.69. The molecule has 0 bridgehead atoms. The highest BCUT2D eigenvalue weighted by Gasteiger charge is 2.29. The van der Waals surface area contributed by atoms with Gasteiger partial charge in [-0.25, -0.2) is 0 Å². The van der Waals surface area contributed by atoms with E-state index >= 15 is 0 Å². The quantitative estimate of drug-likeness (QED) is 0.684. The normalized spacial score (nSPS) is 30.1. The van der Waals surface area contributed by atoms with Crippen LogP contribution in [0.4, 0.5) is 0 Å². The second kappa shape index (κ2) is 4.61. The highest BCUT2D eigenvalue weighted by molar-refractivity contribution is 5.79. The lowest BCUT2D eigenvalue weighted by Gasteiger charge is -2.18. The summed E-state index contributed by atoms with van der Waals surface area (Å²) in [4.78, 5) is 11.7. The van der Waals surface area contributed by atoms with Crippen LogP contribution in [0.25, 0.3) is 0 Å². The molecule has 1 aliphatic rings. The van der Waals surface area contributed by atoms with Crippen molar-refractivity contribution < 1.29 is 4.79 Å². The minimum absolute atomic E-state index is 0.111. The fourth-order valence-electron chi connectivity index (χ4n) is 1.94. The minimum Gasteiger partial charge on any atom is -0.352 e. The van der Waals surface area contributed by atoms with E-state index in [1.54, 1.807) is 0 Å². The molecule has 1 aliphatic carbocycles. The molecule has 3 heteroatoms. The Morgan fingerprint density at radius 1 is 1.62 bits per heavy atom. The third-order valence-corrected chi connectivity index (χ3v) is 2.94. The first-order valence-electron chi connectivity index (χ1n) is 5.15. The molecule has 0 aromatic heterocycles. The van der Waals surface area contributed by atoms with Gasteiger partial charge in [0.15, 0.2) is 0 Å². The van der Waals surface area contributed by atoms with E-state index in [1.165, 1.54) is 12.8 Å². The van der Waals surface area contributed by atoms with Gasteiger partial charge in [-0.15, -0.1) is 0 Å². The second-order valence-electron chi connectivity index (χ2n) is 4.16. The van der Waals surface area contributed by atoms with Crippen LogP contribution < -0.4 is 11.1 Å². The van der Waals surface area contributed by atoms with Gasteiger partial charge in [0, 0.05) is 18.5 Å². The van der Waals surface area contributed by atoms with Crippen molar-refractivity contribution >= 4 is 5.91 Å². The van der Waals surface area contributed by atoms with E-state index in [9.17, 15) is 4.79 Å². The average Bonchev–Trinajstić information content (AvgIpc) is 2.51. The monoisotopic (exact) mass is 184 g/mol. The molecule has 3 N–H and O–H groups in total. The number of carbonyl (C=O) groups is 1. The third-order valence-electron chi connectivity index (χ3n) is 2.94. The molecule has 0 heterocycles. The van der Waals surface area contributed by atoms with Crippen LogP contribution in [-0.2, 0) is 4.79 Å². The Hall–Kier alpha value is -0.570. The van der Waals surface area contributed by atoms with E-state index in [2.05, 4.69) is 12.2 Å². The van der Waals surface area contributed by atoms with Gasteiger partial charge in [-0.3, -0.25) is 4.79 Å². The second-order valence-corrected chi connectivity index (χ2v) is 4.16. The first-order chi connectivity index (χ1) is 6.15. The Labute approximate surface area is 80.1 Å². The molecular formula is C10H20N2O.